The van der Waals surface area contributed by atoms with Crippen LogP contribution < -0.4 is 0 Å². The lowest BCUT2D eigenvalue weighted by Gasteiger charge is -1.97. The van der Waals surface area contributed by atoms with Crippen molar-refractivity contribution >= 4 is 29.0 Å². The number of hydrogen-bond acceptors (Lipinski definition) is 1. The van der Waals surface area contributed by atoms with Crippen molar-refractivity contribution < 1.29 is 4.79 Å². The summed E-state index contributed by atoms with van der Waals surface area (Å²) in [5.74, 6) is -0.187. The van der Waals surface area contributed by atoms with Crippen LogP contribution in [-0.2, 0) is 0 Å². The van der Waals surface area contributed by atoms with E-state index >= 15 is 0 Å². The highest BCUT2D eigenvalue weighted by Crippen LogP contribution is 2.22. The second-order valence-corrected chi connectivity index (χ2v) is 3.16. The SMILES string of the molecule is C=C=CC(=O)c1ccc(Cl)c(Cl)c1. The Morgan fingerprint density at radius 2 is 2.08 bits per heavy atom. The van der Waals surface area contributed by atoms with Gasteiger partial charge >= 0.3 is 0 Å². The predicted octanol–water partition coefficient (Wildman–Crippen LogP) is 3.52. The molecule has 3 heteroatoms. The third-order valence-corrected chi connectivity index (χ3v) is 2.18. The molecule has 1 rings (SSSR count). The lowest BCUT2D eigenvalue weighted by atomic mass is 10.1. The Morgan fingerprint density at radius 3 is 2.62 bits per heavy atom. The largest absolute Gasteiger partial charge is 0.289 e. The quantitative estimate of drug-likeness (QED) is 0.417. The van der Waals surface area contributed by atoms with Crippen LogP contribution in [0.25, 0.3) is 0 Å². The number of carbonyl (C=O) groups is 1. The van der Waals surface area contributed by atoms with Crippen LogP contribution in [-0.4, -0.2) is 5.78 Å². The number of ketones is 1. The van der Waals surface area contributed by atoms with Crippen molar-refractivity contribution in [3.05, 3.63) is 52.2 Å². The van der Waals surface area contributed by atoms with E-state index in [9.17, 15) is 4.79 Å². The van der Waals surface area contributed by atoms with Crippen LogP contribution in [0.3, 0.4) is 0 Å². The highest BCUT2D eigenvalue weighted by atomic mass is 35.5. The summed E-state index contributed by atoms with van der Waals surface area (Å²) in [5.41, 5.74) is 2.88. The van der Waals surface area contributed by atoms with Gasteiger partial charge in [-0.15, -0.1) is 5.73 Å². The summed E-state index contributed by atoms with van der Waals surface area (Å²) in [7, 11) is 0. The van der Waals surface area contributed by atoms with E-state index in [-0.39, 0.29) is 5.78 Å². The van der Waals surface area contributed by atoms with Crippen molar-refractivity contribution in [3.63, 3.8) is 0 Å². The van der Waals surface area contributed by atoms with Crippen molar-refractivity contribution in [1.82, 2.24) is 0 Å². The van der Waals surface area contributed by atoms with E-state index < -0.39 is 0 Å². The topological polar surface area (TPSA) is 17.1 Å². The van der Waals surface area contributed by atoms with Crippen LogP contribution in [0.1, 0.15) is 10.4 Å². The zero-order valence-electron chi connectivity index (χ0n) is 6.68. The predicted molar refractivity (Wildman–Crippen MR) is 54.5 cm³/mol. The van der Waals surface area contributed by atoms with Gasteiger partial charge in [0.1, 0.15) is 0 Å². The lowest BCUT2D eigenvalue weighted by molar-refractivity contribution is 0.104. The molecular weight excluding hydrogens is 207 g/mol. The molecule has 0 aromatic heterocycles. The Hall–Kier alpha value is -1.01. The van der Waals surface area contributed by atoms with E-state index in [1.807, 2.05) is 0 Å². The fraction of sp³-hybridized carbons (Fsp3) is 0. The number of carbonyl (C=O) groups excluding carboxylic acids is 1. The van der Waals surface area contributed by atoms with Gasteiger partial charge in [0.2, 0.25) is 0 Å². The first-order chi connectivity index (χ1) is 6.15. The van der Waals surface area contributed by atoms with Crippen LogP contribution in [0, 0.1) is 0 Å². The van der Waals surface area contributed by atoms with Gasteiger partial charge in [-0.05, 0) is 18.2 Å². The molecule has 0 spiro atoms. The Bertz CT molecular complexity index is 390. The maximum atomic E-state index is 11.2. The lowest BCUT2D eigenvalue weighted by Crippen LogP contribution is -1.92. The molecule has 66 valence electrons. The first kappa shape index (κ1) is 10.1. The second-order valence-electron chi connectivity index (χ2n) is 2.34. The number of allylic oxidation sites excluding steroid dienone is 1. The first-order valence-corrected chi connectivity index (χ1v) is 4.26. The van der Waals surface area contributed by atoms with Gasteiger partial charge in [-0.3, -0.25) is 4.79 Å². The number of hydrogen-bond donors (Lipinski definition) is 0. The van der Waals surface area contributed by atoms with Crippen molar-refractivity contribution in [3.8, 4) is 0 Å². The molecule has 0 atom stereocenters. The van der Waals surface area contributed by atoms with Crippen molar-refractivity contribution in [2.75, 3.05) is 0 Å². The zero-order chi connectivity index (χ0) is 9.84. The molecule has 0 saturated carbocycles. The van der Waals surface area contributed by atoms with Gasteiger partial charge in [0.15, 0.2) is 5.78 Å². The van der Waals surface area contributed by atoms with Gasteiger partial charge in [0, 0.05) is 11.6 Å². The Labute approximate surface area is 86.3 Å². The van der Waals surface area contributed by atoms with E-state index in [0.29, 0.717) is 15.6 Å². The summed E-state index contributed by atoms with van der Waals surface area (Å²) in [6, 6.07) is 4.69. The average molecular weight is 213 g/mol. The van der Waals surface area contributed by atoms with Crippen LogP contribution in [0.2, 0.25) is 10.0 Å². The Balaban J connectivity index is 3.10. The fourth-order valence-corrected chi connectivity index (χ4v) is 1.12. The highest BCUT2D eigenvalue weighted by molar-refractivity contribution is 6.42. The van der Waals surface area contributed by atoms with Gasteiger partial charge in [-0.2, -0.15) is 0 Å². The Morgan fingerprint density at radius 1 is 1.38 bits per heavy atom. The number of benzene rings is 1. The van der Waals surface area contributed by atoms with E-state index in [4.69, 9.17) is 23.2 Å². The number of halogens is 2. The summed E-state index contributed by atoms with van der Waals surface area (Å²) < 4.78 is 0. The third kappa shape index (κ3) is 2.46. The van der Waals surface area contributed by atoms with Gasteiger partial charge < -0.3 is 0 Å². The van der Waals surface area contributed by atoms with Crippen LogP contribution in [0.5, 0.6) is 0 Å². The molecule has 0 radical (unpaired) electrons. The molecule has 0 fully saturated rings. The van der Waals surface area contributed by atoms with Crippen LogP contribution in [0.4, 0.5) is 0 Å². The molecule has 0 aliphatic carbocycles. The molecule has 0 unspecified atom stereocenters. The molecule has 1 aromatic rings. The molecule has 0 heterocycles. The summed E-state index contributed by atoms with van der Waals surface area (Å²) in [6.45, 7) is 3.31. The fourth-order valence-electron chi connectivity index (χ4n) is 0.825. The minimum atomic E-state index is -0.187. The van der Waals surface area contributed by atoms with Gasteiger partial charge in [-0.1, -0.05) is 29.8 Å². The second kappa shape index (κ2) is 4.29. The van der Waals surface area contributed by atoms with E-state index in [0.717, 1.165) is 0 Å². The summed E-state index contributed by atoms with van der Waals surface area (Å²) in [6.07, 6.45) is 1.25. The summed E-state index contributed by atoms with van der Waals surface area (Å²) in [4.78, 5) is 11.2. The maximum absolute atomic E-state index is 11.2. The molecule has 0 saturated heterocycles. The third-order valence-electron chi connectivity index (χ3n) is 1.44. The minimum absolute atomic E-state index is 0.187. The molecule has 0 N–H and O–H groups in total. The molecule has 0 aliphatic heterocycles. The molecule has 0 bridgehead atoms. The molecule has 1 nitrogen and oxygen atoms in total. The van der Waals surface area contributed by atoms with Crippen molar-refractivity contribution in [2.45, 2.75) is 0 Å². The van der Waals surface area contributed by atoms with Crippen LogP contribution >= 0.6 is 23.2 Å². The molecular formula is C10H6Cl2O. The molecule has 0 amide bonds. The van der Waals surface area contributed by atoms with Gasteiger partial charge in [-0.25, -0.2) is 0 Å². The van der Waals surface area contributed by atoms with Gasteiger partial charge in [0.05, 0.1) is 10.0 Å². The number of rotatable bonds is 2. The van der Waals surface area contributed by atoms with Crippen LogP contribution in [0.15, 0.2) is 36.6 Å². The zero-order valence-corrected chi connectivity index (χ0v) is 8.19. The minimum Gasteiger partial charge on any atom is -0.289 e. The van der Waals surface area contributed by atoms with E-state index in [1.165, 1.54) is 12.1 Å². The smallest absolute Gasteiger partial charge is 0.193 e. The van der Waals surface area contributed by atoms with Crippen molar-refractivity contribution in [1.29, 1.82) is 0 Å². The molecule has 0 aliphatic rings. The standard InChI is InChI=1S/C10H6Cl2O/c1-2-3-10(13)7-4-5-8(11)9(12)6-7/h3-6H,1H2. The first-order valence-electron chi connectivity index (χ1n) is 3.50. The normalized spacial score (nSPS) is 9.08. The molecule has 1 aromatic carbocycles. The van der Waals surface area contributed by atoms with Gasteiger partial charge in [0.25, 0.3) is 0 Å². The summed E-state index contributed by atoms with van der Waals surface area (Å²) >= 11 is 11.4. The maximum Gasteiger partial charge on any atom is 0.193 e. The molecule has 13 heavy (non-hydrogen) atoms. The monoisotopic (exact) mass is 212 g/mol. The van der Waals surface area contributed by atoms with Crippen molar-refractivity contribution in [2.24, 2.45) is 0 Å². The average Bonchev–Trinajstić information content (AvgIpc) is 2.10. The highest BCUT2D eigenvalue weighted by Gasteiger charge is 2.04. The van der Waals surface area contributed by atoms with E-state index in [2.05, 4.69) is 12.3 Å². The Kier molecular flexibility index (Phi) is 3.32. The summed E-state index contributed by atoms with van der Waals surface area (Å²) in [5, 5.41) is 0.797. The van der Waals surface area contributed by atoms with E-state index in [1.54, 1.807) is 12.1 Å².